The molecule has 0 radical (unpaired) electrons. The van der Waals surface area contributed by atoms with E-state index in [2.05, 4.69) is 21.4 Å². The largest absolute Gasteiger partial charge is 0.478 e. The van der Waals surface area contributed by atoms with Crippen LogP contribution in [0.3, 0.4) is 0 Å². The van der Waals surface area contributed by atoms with E-state index < -0.39 is 5.97 Å². The van der Waals surface area contributed by atoms with E-state index in [1.807, 2.05) is 0 Å². The van der Waals surface area contributed by atoms with Crippen molar-refractivity contribution < 1.29 is 9.90 Å². The van der Waals surface area contributed by atoms with Gasteiger partial charge in [-0.15, -0.1) is 0 Å². The minimum absolute atomic E-state index is 0.145. The molecular formula is C7H7BrN2O2. The van der Waals surface area contributed by atoms with E-state index in [4.69, 9.17) is 10.9 Å². The lowest BCUT2D eigenvalue weighted by atomic mass is 10.2. The summed E-state index contributed by atoms with van der Waals surface area (Å²) in [6.45, 7) is 0. The number of carboxylic acids is 1. The summed E-state index contributed by atoms with van der Waals surface area (Å²) in [5, 5.41) is 8.70. The number of anilines is 1. The Balaban J connectivity index is 3.27. The number of nitrogen functional groups attached to an aromatic ring is 1. The number of nitrogens with one attached hydrogen (secondary N) is 1. The van der Waals surface area contributed by atoms with Gasteiger partial charge in [-0.05, 0) is 28.1 Å². The molecule has 0 amide bonds. The van der Waals surface area contributed by atoms with Crippen molar-refractivity contribution >= 4 is 27.6 Å². The molecule has 0 saturated carbocycles. The molecule has 12 heavy (non-hydrogen) atoms. The highest BCUT2D eigenvalue weighted by Gasteiger charge is 2.10. The lowest BCUT2D eigenvalue weighted by Crippen LogP contribution is -2.12. The molecule has 0 spiro atoms. The van der Waals surface area contributed by atoms with Gasteiger partial charge in [0.05, 0.1) is 11.3 Å². The van der Waals surface area contributed by atoms with Gasteiger partial charge in [0.25, 0.3) is 0 Å². The first-order chi connectivity index (χ1) is 5.66. The fourth-order valence-electron chi connectivity index (χ4n) is 0.849. The Morgan fingerprint density at radius 1 is 1.58 bits per heavy atom. The van der Waals surface area contributed by atoms with E-state index in [-0.39, 0.29) is 5.56 Å². The van der Waals surface area contributed by atoms with E-state index in [9.17, 15) is 4.79 Å². The molecule has 1 aromatic carbocycles. The van der Waals surface area contributed by atoms with Gasteiger partial charge in [-0.1, -0.05) is 6.07 Å². The second kappa shape index (κ2) is 3.55. The van der Waals surface area contributed by atoms with Gasteiger partial charge in [-0.3, -0.25) is 5.84 Å². The number of rotatable bonds is 2. The fourth-order valence-corrected chi connectivity index (χ4v) is 1.33. The Kier molecular flexibility index (Phi) is 2.67. The normalized spacial score (nSPS) is 9.50. The summed E-state index contributed by atoms with van der Waals surface area (Å²) in [6.07, 6.45) is 0. The zero-order valence-electron chi connectivity index (χ0n) is 6.04. The van der Waals surface area contributed by atoms with E-state index in [1.54, 1.807) is 12.1 Å². The van der Waals surface area contributed by atoms with Crippen LogP contribution in [0.2, 0.25) is 0 Å². The maximum absolute atomic E-state index is 10.6. The van der Waals surface area contributed by atoms with Crippen LogP contribution in [0, 0.1) is 0 Å². The van der Waals surface area contributed by atoms with Gasteiger partial charge < -0.3 is 10.5 Å². The molecule has 0 aromatic heterocycles. The van der Waals surface area contributed by atoms with E-state index in [0.717, 1.165) is 0 Å². The first kappa shape index (κ1) is 9.02. The molecule has 1 rings (SSSR count). The summed E-state index contributed by atoms with van der Waals surface area (Å²) in [6, 6.07) is 4.82. The Morgan fingerprint density at radius 3 is 2.67 bits per heavy atom. The number of aromatic carboxylic acids is 1. The second-order valence-corrected chi connectivity index (χ2v) is 2.97. The minimum atomic E-state index is -1.01. The van der Waals surface area contributed by atoms with Crippen molar-refractivity contribution in [3.63, 3.8) is 0 Å². The van der Waals surface area contributed by atoms with Crippen molar-refractivity contribution in [2.24, 2.45) is 5.84 Å². The average Bonchev–Trinajstić information content (AvgIpc) is 2.03. The van der Waals surface area contributed by atoms with Gasteiger partial charge in [-0.2, -0.15) is 0 Å². The lowest BCUT2D eigenvalue weighted by molar-refractivity contribution is 0.0698. The quantitative estimate of drug-likeness (QED) is 0.531. The third-order valence-corrected chi connectivity index (χ3v) is 2.05. The van der Waals surface area contributed by atoms with Gasteiger partial charge >= 0.3 is 5.97 Å². The average molecular weight is 231 g/mol. The maximum Gasteiger partial charge on any atom is 0.337 e. The zero-order chi connectivity index (χ0) is 9.14. The van der Waals surface area contributed by atoms with E-state index in [1.165, 1.54) is 6.07 Å². The molecule has 0 bridgehead atoms. The summed E-state index contributed by atoms with van der Waals surface area (Å²) >= 11 is 3.17. The van der Waals surface area contributed by atoms with Crippen LogP contribution < -0.4 is 11.3 Å². The van der Waals surface area contributed by atoms with Crippen molar-refractivity contribution in [2.75, 3.05) is 5.43 Å². The molecule has 5 heteroatoms. The molecule has 0 fully saturated rings. The molecule has 4 N–H and O–H groups in total. The number of halogens is 1. The van der Waals surface area contributed by atoms with Crippen LogP contribution >= 0.6 is 15.9 Å². The lowest BCUT2D eigenvalue weighted by Gasteiger charge is -2.06. The molecular weight excluding hydrogens is 224 g/mol. The van der Waals surface area contributed by atoms with Crippen LogP contribution in [0.4, 0.5) is 5.69 Å². The summed E-state index contributed by atoms with van der Waals surface area (Å²) in [7, 11) is 0. The number of hydrogen-bond acceptors (Lipinski definition) is 3. The van der Waals surface area contributed by atoms with Crippen LogP contribution in [0.1, 0.15) is 10.4 Å². The summed E-state index contributed by atoms with van der Waals surface area (Å²) < 4.78 is 0.630. The van der Waals surface area contributed by atoms with Crippen LogP contribution in [-0.4, -0.2) is 11.1 Å². The first-order valence-corrected chi connectivity index (χ1v) is 3.94. The van der Waals surface area contributed by atoms with Crippen LogP contribution in [0.5, 0.6) is 0 Å². The van der Waals surface area contributed by atoms with Gasteiger partial charge in [0, 0.05) is 4.47 Å². The summed E-state index contributed by atoms with van der Waals surface area (Å²) in [5.74, 6) is 4.14. The van der Waals surface area contributed by atoms with E-state index in [0.29, 0.717) is 10.2 Å². The summed E-state index contributed by atoms with van der Waals surface area (Å²) in [5.41, 5.74) is 2.84. The second-order valence-electron chi connectivity index (χ2n) is 2.11. The number of carboxylic acid groups (broad SMARTS) is 1. The Labute approximate surface area is 77.5 Å². The topological polar surface area (TPSA) is 75.3 Å². The van der Waals surface area contributed by atoms with Crippen LogP contribution in [-0.2, 0) is 0 Å². The number of nitrogens with two attached hydrogens (primary N) is 1. The molecule has 0 aliphatic heterocycles. The number of carbonyl (C=O) groups is 1. The SMILES string of the molecule is NNc1c(Br)cccc1C(=O)O. The monoisotopic (exact) mass is 230 g/mol. The molecule has 0 atom stereocenters. The van der Waals surface area contributed by atoms with Gasteiger partial charge in [0.1, 0.15) is 0 Å². The molecule has 0 saturated heterocycles. The highest BCUT2D eigenvalue weighted by Crippen LogP contribution is 2.25. The standard InChI is InChI=1S/C7H7BrN2O2/c8-5-3-1-2-4(7(11)12)6(5)10-9/h1-3,10H,9H2,(H,11,12). The van der Waals surface area contributed by atoms with Crippen molar-refractivity contribution in [1.82, 2.24) is 0 Å². The fraction of sp³-hybridized carbons (Fsp3) is 0. The number of hydrogen-bond donors (Lipinski definition) is 3. The zero-order valence-corrected chi connectivity index (χ0v) is 7.63. The minimum Gasteiger partial charge on any atom is -0.478 e. The molecule has 64 valence electrons. The summed E-state index contributed by atoms with van der Waals surface area (Å²) in [4.78, 5) is 10.6. The third kappa shape index (κ3) is 1.57. The van der Waals surface area contributed by atoms with Crippen LogP contribution in [0.15, 0.2) is 22.7 Å². The van der Waals surface area contributed by atoms with Crippen molar-refractivity contribution in [3.05, 3.63) is 28.2 Å². The van der Waals surface area contributed by atoms with Crippen molar-refractivity contribution in [1.29, 1.82) is 0 Å². The number of benzene rings is 1. The van der Waals surface area contributed by atoms with Crippen molar-refractivity contribution in [2.45, 2.75) is 0 Å². The van der Waals surface area contributed by atoms with Gasteiger partial charge in [-0.25, -0.2) is 4.79 Å². The van der Waals surface area contributed by atoms with Gasteiger partial charge in [0.2, 0.25) is 0 Å². The molecule has 4 nitrogen and oxygen atoms in total. The number of hydrazine groups is 1. The maximum atomic E-state index is 10.6. The Hall–Kier alpha value is -1.07. The Bertz CT molecular complexity index is 314. The highest BCUT2D eigenvalue weighted by atomic mass is 79.9. The van der Waals surface area contributed by atoms with Gasteiger partial charge in [0.15, 0.2) is 0 Å². The predicted octanol–water partition coefficient (Wildman–Crippen LogP) is 1.43. The highest BCUT2D eigenvalue weighted by molar-refractivity contribution is 9.10. The number of para-hydroxylation sites is 1. The Morgan fingerprint density at radius 2 is 2.25 bits per heavy atom. The van der Waals surface area contributed by atoms with E-state index >= 15 is 0 Å². The van der Waals surface area contributed by atoms with Crippen molar-refractivity contribution in [3.8, 4) is 0 Å². The molecule has 0 unspecified atom stereocenters. The molecule has 0 heterocycles. The molecule has 0 aliphatic carbocycles. The molecule has 0 aliphatic rings. The van der Waals surface area contributed by atoms with Crippen LogP contribution in [0.25, 0.3) is 0 Å². The predicted molar refractivity (Wildman–Crippen MR) is 48.9 cm³/mol. The first-order valence-electron chi connectivity index (χ1n) is 3.15. The molecule has 1 aromatic rings. The third-order valence-electron chi connectivity index (χ3n) is 1.39. The smallest absolute Gasteiger partial charge is 0.337 e.